The molecule has 0 aliphatic rings. The van der Waals surface area contributed by atoms with E-state index < -0.39 is 0 Å². The lowest BCUT2D eigenvalue weighted by Crippen LogP contribution is -2.40. The SMILES string of the molecule is CCC(C)(C)C(P(C)C)C(C)(C)CC(C)C. The quantitative estimate of drug-likeness (QED) is 0.533. The van der Waals surface area contributed by atoms with Crippen molar-refractivity contribution in [2.45, 2.75) is 67.0 Å². The van der Waals surface area contributed by atoms with Crippen molar-refractivity contribution < 1.29 is 0 Å². The van der Waals surface area contributed by atoms with Gasteiger partial charge < -0.3 is 0 Å². The highest BCUT2D eigenvalue weighted by Gasteiger charge is 2.41. The van der Waals surface area contributed by atoms with Crippen LogP contribution in [0.3, 0.4) is 0 Å². The minimum atomic E-state index is 0.124. The van der Waals surface area contributed by atoms with Crippen LogP contribution in [0.1, 0.15) is 61.3 Å². The molecule has 1 atom stereocenters. The Morgan fingerprint density at radius 3 is 1.62 bits per heavy atom. The lowest BCUT2D eigenvalue weighted by molar-refractivity contribution is 0.170. The Hall–Kier alpha value is 0.430. The van der Waals surface area contributed by atoms with Crippen LogP contribution in [0.2, 0.25) is 0 Å². The predicted octanol–water partition coefficient (Wildman–Crippen LogP) is 5.61. The summed E-state index contributed by atoms with van der Waals surface area (Å²) in [6.07, 6.45) is 2.64. The first-order valence-electron chi connectivity index (χ1n) is 6.71. The molecule has 0 nitrogen and oxygen atoms in total. The third-order valence-electron chi connectivity index (χ3n) is 3.84. The highest BCUT2D eigenvalue weighted by Crippen LogP contribution is 2.55. The molecule has 0 radical (unpaired) electrons. The molecule has 0 aliphatic carbocycles. The smallest absolute Gasteiger partial charge is 0.0111 e. The molecule has 98 valence electrons. The minimum Gasteiger partial charge on any atom is -0.109 e. The van der Waals surface area contributed by atoms with Gasteiger partial charge in [-0.1, -0.05) is 54.9 Å². The molecule has 0 aliphatic heterocycles. The molecule has 16 heavy (non-hydrogen) atoms. The first-order chi connectivity index (χ1) is 7.04. The zero-order valence-corrected chi connectivity index (χ0v) is 13.9. The van der Waals surface area contributed by atoms with Crippen LogP contribution in [0.25, 0.3) is 0 Å². The monoisotopic (exact) mass is 244 g/mol. The third-order valence-corrected chi connectivity index (χ3v) is 6.27. The Kier molecular flexibility index (Phi) is 6.01. The lowest BCUT2D eigenvalue weighted by Gasteiger charge is -2.48. The van der Waals surface area contributed by atoms with Crippen LogP contribution < -0.4 is 0 Å². The van der Waals surface area contributed by atoms with Crippen molar-refractivity contribution >= 4 is 7.92 Å². The van der Waals surface area contributed by atoms with E-state index in [0.29, 0.717) is 10.8 Å². The van der Waals surface area contributed by atoms with Crippen molar-refractivity contribution in [2.75, 3.05) is 13.3 Å². The second-order valence-electron chi connectivity index (χ2n) is 7.29. The van der Waals surface area contributed by atoms with Crippen molar-refractivity contribution in [1.82, 2.24) is 0 Å². The molecule has 0 amide bonds. The molecule has 0 saturated heterocycles. The van der Waals surface area contributed by atoms with Crippen molar-refractivity contribution in [2.24, 2.45) is 16.7 Å². The molecule has 0 N–H and O–H groups in total. The van der Waals surface area contributed by atoms with Gasteiger partial charge in [0.15, 0.2) is 0 Å². The number of hydrogen-bond donors (Lipinski definition) is 0. The topological polar surface area (TPSA) is 0 Å². The van der Waals surface area contributed by atoms with Gasteiger partial charge in [0.1, 0.15) is 0 Å². The molecule has 1 heteroatoms. The van der Waals surface area contributed by atoms with Crippen molar-refractivity contribution in [3.8, 4) is 0 Å². The Morgan fingerprint density at radius 1 is 0.938 bits per heavy atom. The standard InChI is InChI=1S/C15H33P/c1-10-14(4,5)13(16(8)9)15(6,7)11-12(2)3/h12-13H,10-11H2,1-9H3. The molecule has 0 rings (SSSR count). The van der Waals surface area contributed by atoms with Gasteiger partial charge in [-0.25, -0.2) is 0 Å². The molecular formula is C15H33P. The summed E-state index contributed by atoms with van der Waals surface area (Å²) in [5.41, 5.74) is 1.82. The van der Waals surface area contributed by atoms with Gasteiger partial charge in [0.25, 0.3) is 0 Å². The van der Waals surface area contributed by atoms with E-state index in [0.717, 1.165) is 11.6 Å². The van der Waals surface area contributed by atoms with Gasteiger partial charge in [0.05, 0.1) is 0 Å². The van der Waals surface area contributed by atoms with Gasteiger partial charge in [0.2, 0.25) is 0 Å². The fourth-order valence-corrected chi connectivity index (χ4v) is 6.90. The van der Waals surface area contributed by atoms with E-state index >= 15 is 0 Å². The van der Waals surface area contributed by atoms with Crippen LogP contribution in [0.4, 0.5) is 0 Å². The fourth-order valence-electron chi connectivity index (χ4n) is 3.81. The Balaban J connectivity index is 5.05. The van der Waals surface area contributed by atoms with Gasteiger partial charge in [-0.3, -0.25) is 0 Å². The molecule has 0 spiro atoms. The summed E-state index contributed by atoms with van der Waals surface area (Å²) in [5, 5.41) is 0. The van der Waals surface area contributed by atoms with Crippen LogP contribution in [-0.4, -0.2) is 19.0 Å². The average Bonchev–Trinajstić information content (AvgIpc) is 1.98. The van der Waals surface area contributed by atoms with Crippen LogP contribution in [-0.2, 0) is 0 Å². The highest BCUT2D eigenvalue weighted by molar-refractivity contribution is 7.56. The zero-order chi connectivity index (χ0) is 13.1. The predicted molar refractivity (Wildman–Crippen MR) is 79.9 cm³/mol. The fraction of sp³-hybridized carbons (Fsp3) is 1.00. The maximum Gasteiger partial charge on any atom is -0.0111 e. The molecule has 0 aromatic rings. The molecule has 0 aromatic carbocycles. The van der Waals surface area contributed by atoms with Gasteiger partial charge in [-0.15, -0.1) is 7.92 Å². The molecule has 0 aromatic heterocycles. The van der Waals surface area contributed by atoms with Gasteiger partial charge >= 0.3 is 0 Å². The van der Waals surface area contributed by atoms with Crippen molar-refractivity contribution in [3.63, 3.8) is 0 Å². The summed E-state index contributed by atoms with van der Waals surface area (Å²) < 4.78 is 0. The summed E-state index contributed by atoms with van der Waals surface area (Å²) >= 11 is 0. The first-order valence-corrected chi connectivity index (χ1v) is 9.01. The first kappa shape index (κ1) is 16.4. The van der Waals surface area contributed by atoms with E-state index in [1.807, 2.05) is 0 Å². The highest BCUT2D eigenvalue weighted by atomic mass is 31.1. The number of hydrogen-bond acceptors (Lipinski definition) is 0. The van der Waals surface area contributed by atoms with Crippen molar-refractivity contribution in [3.05, 3.63) is 0 Å². The molecule has 0 fully saturated rings. The summed E-state index contributed by atoms with van der Waals surface area (Å²) in [4.78, 5) is 0. The van der Waals surface area contributed by atoms with Gasteiger partial charge in [-0.2, -0.15) is 0 Å². The normalized spacial score (nSPS) is 15.9. The van der Waals surface area contributed by atoms with Gasteiger partial charge in [-0.05, 0) is 42.2 Å². The van der Waals surface area contributed by atoms with Crippen LogP contribution in [0, 0.1) is 16.7 Å². The lowest BCUT2D eigenvalue weighted by atomic mass is 9.69. The largest absolute Gasteiger partial charge is 0.109 e. The summed E-state index contributed by atoms with van der Waals surface area (Å²) in [6.45, 7) is 21.9. The maximum atomic E-state index is 2.48. The van der Waals surface area contributed by atoms with E-state index in [1.165, 1.54) is 12.8 Å². The third kappa shape index (κ3) is 4.36. The second-order valence-corrected chi connectivity index (χ2v) is 9.74. The Labute approximate surface area is 105 Å². The average molecular weight is 244 g/mol. The summed E-state index contributed by atoms with van der Waals surface area (Å²) in [5.74, 6) is 0.806. The number of rotatable bonds is 6. The Bertz CT molecular complexity index is 201. The van der Waals surface area contributed by atoms with Crippen LogP contribution in [0.15, 0.2) is 0 Å². The van der Waals surface area contributed by atoms with Crippen molar-refractivity contribution in [1.29, 1.82) is 0 Å². The summed E-state index contributed by atoms with van der Waals surface area (Å²) in [7, 11) is 0.124. The van der Waals surface area contributed by atoms with E-state index in [9.17, 15) is 0 Å². The zero-order valence-electron chi connectivity index (χ0n) is 13.0. The van der Waals surface area contributed by atoms with E-state index in [4.69, 9.17) is 0 Å². The van der Waals surface area contributed by atoms with Crippen LogP contribution >= 0.6 is 7.92 Å². The maximum absolute atomic E-state index is 2.48. The second kappa shape index (κ2) is 5.85. The molecule has 0 saturated carbocycles. The van der Waals surface area contributed by atoms with E-state index in [1.54, 1.807) is 0 Å². The molecule has 0 heterocycles. The summed E-state index contributed by atoms with van der Waals surface area (Å²) in [6, 6.07) is 0. The van der Waals surface area contributed by atoms with Gasteiger partial charge in [0, 0.05) is 0 Å². The molecule has 0 bridgehead atoms. The molecule has 1 unspecified atom stereocenters. The van der Waals surface area contributed by atoms with Crippen LogP contribution in [0.5, 0.6) is 0 Å². The molecular weight excluding hydrogens is 211 g/mol. The minimum absolute atomic E-state index is 0.124. The van der Waals surface area contributed by atoms with E-state index in [-0.39, 0.29) is 7.92 Å². The Morgan fingerprint density at radius 2 is 1.38 bits per heavy atom. The van der Waals surface area contributed by atoms with E-state index in [2.05, 4.69) is 61.8 Å².